The molecule has 2 aliphatic rings. The summed E-state index contributed by atoms with van der Waals surface area (Å²) in [7, 11) is 0. The summed E-state index contributed by atoms with van der Waals surface area (Å²) in [5, 5.41) is 9.58. The van der Waals surface area contributed by atoms with Crippen molar-refractivity contribution >= 4 is 11.9 Å². The van der Waals surface area contributed by atoms with Gasteiger partial charge < -0.3 is 14.6 Å². The quantitative estimate of drug-likeness (QED) is 0.755. The third kappa shape index (κ3) is 4.38. The molecule has 1 aliphatic heterocycles. The van der Waals surface area contributed by atoms with Gasteiger partial charge in [0.15, 0.2) is 0 Å². The van der Waals surface area contributed by atoms with Gasteiger partial charge in [-0.3, -0.25) is 4.72 Å². The zero-order valence-electron chi connectivity index (χ0n) is 12.9. The lowest BCUT2D eigenvalue weighted by atomic mass is 9.94. The third-order valence-corrected chi connectivity index (χ3v) is 5.41. The molecule has 1 aromatic rings. The molecule has 1 aromatic carbocycles. The van der Waals surface area contributed by atoms with Gasteiger partial charge in [-0.25, -0.2) is 0 Å². The molecule has 5 heteroatoms. The van der Waals surface area contributed by atoms with Crippen molar-refractivity contribution in [3.63, 3.8) is 0 Å². The molecule has 3 rings (SSSR count). The van der Waals surface area contributed by atoms with Crippen LogP contribution in [-0.4, -0.2) is 31.0 Å². The van der Waals surface area contributed by atoms with E-state index in [-0.39, 0.29) is 6.61 Å². The van der Waals surface area contributed by atoms with E-state index in [1.54, 1.807) is 11.9 Å². The van der Waals surface area contributed by atoms with Crippen LogP contribution >= 0.6 is 11.9 Å². The fourth-order valence-electron chi connectivity index (χ4n) is 2.68. The first kappa shape index (κ1) is 16.1. The van der Waals surface area contributed by atoms with E-state index in [9.17, 15) is 5.11 Å². The summed E-state index contributed by atoms with van der Waals surface area (Å²) in [5.41, 5.74) is 0.868. The van der Waals surface area contributed by atoms with Crippen LogP contribution in [0, 0.1) is 5.92 Å². The van der Waals surface area contributed by atoms with Crippen LogP contribution in [0.1, 0.15) is 37.7 Å². The van der Waals surface area contributed by atoms with Crippen molar-refractivity contribution in [2.75, 3.05) is 19.8 Å². The number of benzene rings is 1. The second kappa shape index (κ2) is 8.20. The van der Waals surface area contributed by atoms with Crippen molar-refractivity contribution in [3.05, 3.63) is 23.8 Å². The van der Waals surface area contributed by atoms with Gasteiger partial charge in [0, 0.05) is 29.7 Å². The van der Waals surface area contributed by atoms with Crippen LogP contribution in [0.5, 0.6) is 5.75 Å². The number of aliphatic hydroxyl groups is 1. The van der Waals surface area contributed by atoms with Crippen molar-refractivity contribution in [3.8, 4) is 5.75 Å². The highest BCUT2D eigenvalue weighted by atomic mass is 32.2. The number of rotatable bonds is 7. The molecule has 122 valence electrons. The topological polar surface area (TPSA) is 50.7 Å². The van der Waals surface area contributed by atoms with Gasteiger partial charge in [-0.1, -0.05) is 6.42 Å². The number of ether oxygens (including phenoxy) is 2. The van der Waals surface area contributed by atoms with E-state index in [1.165, 1.54) is 19.3 Å². The normalized spacial score (nSPS) is 19.9. The molecule has 22 heavy (non-hydrogen) atoms. The van der Waals surface area contributed by atoms with Crippen LogP contribution in [-0.2, 0) is 11.3 Å². The lowest BCUT2D eigenvalue weighted by Gasteiger charge is -2.26. The van der Waals surface area contributed by atoms with E-state index in [1.807, 2.05) is 12.1 Å². The smallest absolute Gasteiger partial charge is 0.124 e. The Bertz CT molecular complexity index is 473. The van der Waals surface area contributed by atoms with E-state index < -0.39 is 0 Å². The van der Waals surface area contributed by atoms with Crippen molar-refractivity contribution in [2.45, 2.75) is 49.6 Å². The maximum Gasteiger partial charge on any atom is 0.124 e. The summed E-state index contributed by atoms with van der Waals surface area (Å²) < 4.78 is 14.8. The molecule has 1 aliphatic carbocycles. The molecule has 1 heterocycles. The minimum absolute atomic E-state index is 0.0148. The van der Waals surface area contributed by atoms with Crippen LogP contribution in [0.25, 0.3) is 0 Å². The summed E-state index contributed by atoms with van der Waals surface area (Å²) >= 11 is 1.66. The lowest BCUT2D eigenvalue weighted by Crippen LogP contribution is -2.29. The van der Waals surface area contributed by atoms with E-state index in [0.29, 0.717) is 18.6 Å². The summed E-state index contributed by atoms with van der Waals surface area (Å²) in [6, 6.07) is 6.71. The van der Waals surface area contributed by atoms with Crippen LogP contribution in [0.4, 0.5) is 0 Å². The average Bonchev–Trinajstić information content (AvgIpc) is 2.53. The maximum atomic E-state index is 9.58. The minimum atomic E-state index is 0.0148. The molecule has 0 amide bonds. The second-order valence-electron chi connectivity index (χ2n) is 6.14. The molecule has 1 saturated heterocycles. The monoisotopic (exact) mass is 323 g/mol. The predicted molar refractivity (Wildman–Crippen MR) is 88.0 cm³/mol. The SMILES string of the molecule is OCc1cc(SNC2CCC2)ccc1OCC1CCOCC1. The Kier molecular flexibility index (Phi) is 6.01. The van der Waals surface area contributed by atoms with Gasteiger partial charge in [-0.15, -0.1) is 0 Å². The molecule has 0 radical (unpaired) electrons. The lowest BCUT2D eigenvalue weighted by molar-refractivity contribution is 0.0494. The first-order valence-corrected chi connectivity index (χ1v) is 9.03. The number of nitrogens with one attached hydrogen (secondary N) is 1. The van der Waals surface area contributed by atoms with Gasteiger partial charge in [0.05, 0.1) is 13.2 Å². The van der Waals surface area contributed by atoms with Crippen LogP contribution in [0.15, 0.2) is 23.1 Å². The molecule has 2 N–H and O–H groups in total. The Hall–Kier alpha value is -0.750. The Morgan fingerprint density at radius 1 is 1.23 bits per heavy atom. The Morgan fingerprint density at radius 2 is 2.05 bits per heavy atom. The highest BCUT2D eigenvalue weighted by Crippen LogP contribution is 2.28. The molecule has 0 atom stereocenters. The average molecular weight is 323 g/mol. The van der Waals surface area contributed by atoms with Crippen molar-refractivity contribution in [1.29, 1.82) is 0 Å². The third-order valence-electron chi connectivity index (χ3n) is 4.47. The van der Waals surface area contributed by atoms with Crippen molar-refractivity contribution in [2.24, 2.45) is 5.92 Å². The molecule has 1 saturated carbocycles. The van der Waals surface area contributed by atoms with Crippen LogP contribution < -0.4 is 9.46 Å². The molecule has 0 bridgehead atoms. The van der Waals surface area contributed by atoms with E-state index in [2.05, 4.69) is 10.8 Å². The number of aliphatic hydroxyl groups excluding tert-OH is 1. The van der Waals surface area contributed by atoms with Crippen molar-refractivity contribution in [1.82, 2.24) is 4.72 Å². The standard InChI is InChI=1S/C17H25NO3S/c19-11-14-10-16(22-18-15-2-1-3-15)4-5-17(14)21-12-13-6-8-20-9-7-13/h4-5,10,13,15,18-19H,1-3,6-9,11-12H2. The van der Waals surface area contributed by atoms with E-state index in [4.69, 9.17) is 9.47 Å². The Balaban J connectivity index is 1.53. The van der Waals surface area contributed by atoms with E-state index in [0.717, 1.165) is 42.3 Å². The molecule has 4 nitrogen and oxygen atoms in total. The fraction of sp³-hybridized carbons (Fsp3) is 0.647. The van der Waals surface area contributed by atoms with Crippen molar-refractivity contribution < 1.29 is 14.6 Å². The highest BCUT2D eigenvalue weighted by Gasteiger charge is 2.18. The Morgan fingerprint density at radius 3 is 2.73 bits per heavy atom. The molecule has 2 fully saturated rings. The zero-order chi connectivity index (χ0) is 15.2. The number of hydrogen-bond donors (Lipinski definition) is 2. The summed E-state index contributed by atoms with van der Waals surface area (Å²) in [4.78, 5) is 1.13. The molecular formula is C17H25NO3S. The van der Waals surface area contributed by atoms with Crippen LogP contribution in [0.3, 0.4) is 0 Å². The van der Waals surface area contributed by atoms with Gasteiger partial charge >= 0.3 is 0 Å². The van der Waals surface area contributed by atoms with Gasteiger partial charge in [-0.05, 0) is 61.7 Å². The molecule has 0 unspecified atom stereocenters. The largest absolute Gasteiger partial charge is 0.493 e. The maximum absolute atomic E-state index is 9.58. The van der Waals surface area contributed by atoms with Gasteiger partial charge in [0.25, 0.3) is 0 Å². The summed E-state index contributed by atoms with van der Waals surface area (Å²) in [6.07, 6.45) is 6.00. The fourth-order valence-corrected chi connectivity index (χ4v) is 3.56. The molecule has 0 aromatic heterocycles. The Labute approximate surface area is 136 Å². The molecular weight excluding hydrogens is 298 g/mol. The van der Waals surface area contributed by atoms with Crippen LogP contribution in [0.2, 0.25) is 0 Å². The van der Waals surface area contributed by atoms with Gasteiger partial charge in [-0.2, -0.15) is 0 Å². The van der Waals surface area contributed by atoms with Gasteiger partial charge in [0.2, 0.25) is 0 Å². The first-order valence-electron chi connectivity index (χ1n) is 8.22. The summed E-state index contributed by atoms with van der Waals surface area (Å²) in [5.74, 6) is 1.37. The molecule has 0 spiro atoms. The summed E-state index contributed by atoms with van der Waals surface area (Å²) in [6.45, 7) is 2.40. The minimum Gasteiger partial charge on any atom is -0.493 e. The van der Waals surface area contributed by atoms with E-state index >= 15 is 0 Å². The highest BCUT2D eigenvalue weighted by molar-refractivity contribution is 7.97. The predicted octanol–water partition coefficient (Wildman–Crippen LogP) is 3.13. The zero-order valence-corrected chi connectivity index (χ0v) is 13.7. The number of hydrogen-bond acceptors (Lipinski definition) is 5. The van der Waals surface area contributed by atoms with Gasteiger partial charge in [0.1, 0.15) is 5.75 Å². The second-order valence-corrected chi connectivity index (χ2v) is 7.05. The first-order chi connectivity index (χ1) is 10.8.